The smallest absolute Gasteiger partial charge is 0.305 e. The fourth-order valence-electron chi connectivity index (χ4n) is 2.96. The second kappa shape index (κ2) is 21.5. The van der Waals surface area contributed by atoms with Gasteiger partial charge in [-0.25, -0.2) is 0 Å². The first kappa shape index (κ1) is 24.4. The summed E-state index contributed by atoms with van der Waals surface area (Å²) in [5.74, 6) is -0.00802. The Morgan fingerprint density at radius 2 is 1.08 bits per heavy atom. The van der Waals surface area contributed by atoms with E-state index in [0.717, 1.165) is 32.5 Å². The standard InChI is InChI=1S/C22H44O3/c1-3-5-21-25-22(23)19-17-15-13-11-9-7-6-8-10-12-14-16-18-20-24-4-2/h3-21H2,1-2H3. The summed E-state index contributed by atoms with van der Waals surface area (Å²) in [7, 11) is 0. The number of unbranched alkanes of at least 4 members (excludes halogenated alkanes) is 13. The van der Waals surface area contributed by atoms with Crippen LogP contribution in [0.25, 0.3) is 0 Å². The molecule has 0 bridgehead atoms. The second-order valence-corrected chi connectivity index (χ2v) is 7.12. The van der Waals surface area contributed by atoms with Gasteiger partial charge in [0.25, 0.3) is 0 Å². The highest BCUT2D eigenvalue weighted by Crippen LogP contribution is 2.13. The highest BCUT2D eigenvalue weighted by molar-refractivity contribution is 5.69. The maximum atomic E-state index is 11.4. The number of esters is 1. The van der Waals surface area contributed by atoms with Crippen LogP contribution in [0.3, 0.4) is 0 Å². The first-order valence-corrected chi connectivity index (χ1v) is 11.0. The van der Waals surface area contributed by atoms with Gasteiger partial charge in [-0.15, -0.1) is 0 Å². The molecule has 0 aliphatic carbocycles. The third kappa shape index (κ3) is 21.4. The molecule has 150 valence electrons. The van der Waals surface area contributed by atoms with Gasteiger partial charge in [-0.05, 0) is 26.2 Å². The van der Waals surface area contributed by atoms with E-state index in [1.165, 1.54) is 77.0 Å². The maximum absolute atomic E-state index is 11.4. The highest BCUT2D eigenvalue weighted by Gasteiger charge is 2.01. The second-order valence-electron chi connectivity index (χ2n) is 7.12. The van der Waals surface area contributed by atoms with Crippen molar-refractivity contribution in [2.24, 2.45) is 0 Å². The SMILES string of the molecule is CCCCOC(=O)CCCCCCCCCCCCCCCOCC. The molecule has 0 amide bonds. The topological polar surface area (TPSA) is 35.5 Å². The lowest BCUT2D eigenvalue weighted by atomic mass is 10.0. The Kier molecular flexibility index (Phi) is 21.0. The number of hydrogen-bond donors (Lipinski definition) is 0. The van der Waals surface area contributed by atoms with Crippen LogP contribution in [0.1, 0.15) is 117 Å². The van der Waals surface area contributed by atoms with Crippen LogP contribution in [0, 0.1) is 0 Å². The number of ether oxygens (including phenoxy) is 2. The van der Waals surface area contributed by atoms with Crippen LogP contribution in [-0.2, 0) is 14.3 Å². The third-order valence-electron chi connectivity index (χ3n) is 4.63. The van der Waals surface area contributed by atoms with E-state index >= 15 is 0 Å². The van der Waals surface area contributed by atoms with Gasteiger partial charge < -0.3 is 9.47 Å². The molecule has 0 aliphatic rings. The fraction of sp³-hybridized carbons (Fsp3) is 0.955. The van der Waals surface area contributed by atoms with Crippen LogP contribution in [0.15, 0.2) is 0 Å². The molecule has 0 aromatic rings. The van der Waals surface area contributed by atoms with Crippen molar-refractivity contribution in [3.8, 4) is 0 Å². The van der Waals surface area contributed by atoms with Crippen molar-refractivity contribution in [1.29, 1.82) is 0 Å². The average Bonchev–Trinajstić information content (AvgIpc) is 2.61. The van der Waals surface area contributed by atoms with E-state index in [-0.39, 0.29) is 5.97 Å². The van der Waals surface area contributed by atoms with Crippen LogP contribution in [0.4, 0.5) is 0 Å². The van der Waals surface area contributed by atoms with E-state index in [1.807, 2.05) is 0 Å². The maximum Gasteiger partial charge on any atom is 0.305 e. The van der Waals surface area contributed by atoms with Gasteiger partial charge in [0.1, 0.15) is 0 Å². The summed E-state index contributed by atoms with van der Waals surface area (Å²) in [6, 6.07) is 0. The summed E-state index contributed by atoms with van der Waals surface area (Å²) in [5, 5.41) is 0. The molecule has 3 heteroatoms. The van der Waals surface area contributed by atoms with Crippen LogP contribution in [0.5, 0.6) is 0 Å². The van der Waals surface area contributed by atoms with E-state index < -0.39 is 0 Å². The molecule has 0 N–H and O–H groups in total. The molecule has 0 aromatic heterocycles. The van der Waals surface area contributed by atoms with Crippen molar-refractivity contribution in [2.45, 2.75) is 117 Å². The van der Waals surface area contributed by atoms with E-state index in [1.54, 1.807) is 0 Å². The van der Waals surface area contributed by atoms with Crippen LogP contribution in [0.2, 0.25) is 0 Å². The zero-order chi connectivity index (χ0) is 18.4. The zero-order valence-corrected chi connectivity index (χ0v) is 17.2. The van der Waals surface area contributed by atoms with E-state index in [4.69, 9.17) is 9.47 Å². The van der Waals surface area contributed by atoms with Crippen molar-refractivity contribution in [3.63, 3.8) is 0 Å². The van der Waals surface area contributed by atoms with E-state index in [2.05, 4.69) is 13.8 Å². The summed E-state index contributed by atoms with van der Waals surface area (Å²) in [6.45, 7) is 6.56. The lowest BCUT2D eigenvalue weighted by Gasteiger charge is -2.04. The quantitative estimate of drug-likeness (QED) is 0.177. The molecule has 0 aliphatic heterocycles. The Morgan fingerprint density at radius 3 is 1.56 bits per heavy atom. The Labute approximate surface area is 157 Å². The Balaban J connectivity index is 3.06. The first-order chi connectivity index (χ1) is 12.3. The molecule has 0 heterocycles. The molecule has 0 rings (SSSR count). The van der Waals surface area contributed by atoms with Gasteiger partial charge in [-0.2, -0.15) is 0 Å². The molecule has 0 spiro atoms. The minimum absolute atomic E-state index is 0.00802. The average molecular weight is 357 g/mol. The fourth-order valence-corrected chi connectivity index (χ4v) is 2.96. The molecule has 0 radical (unpaired) electrons. The third-order valence-corrected chi connectivity index (χ3v) is 4.63. The van der Waals surface area contributed by atoms with Crippen LogP contribution >= 0.6 is 0 Å². The molecule has 0 fully saturated rings. The highest BCUT2D eigenvalue weighted by atomic mass is 16.5. The van der Waals surface area contributed by atoms with Gasteiger partial charge in [0.15, 0.2) is 0 Å². The number of hydrogen-bond acceptors (Lipinski definition) is 3. The molecular weight excluding hydrogens is 312 g/mol. The van der Waals surface area contributed by atoms with Gasteiger partial charge in [-0.1, -0.05) is 84.0 Å². The molecule has 3 nitrogen and oxygen atoms in total. The molecular formula is C22H44O3. The normalized spacial score (nSPS) is 11.0. The minimum atomic E-state index is -0.00802. The van der Waals surface area contributed by atoms with Crippen molar-refractivity contribution in [1.82, 2.24) is 0 Å². The Morgan fingerprint density at radius 1 is 0.600 bits per heavy atom. The van der Waals surface area contributed by atoms with Crippen molar-refractivity contribution in [2.75, 3.05) is 19.8 Å². The molecule has 0 atom stereocenters. The van der Waals surface area contributed by atoms with Crippen LogP contribution in [-0.4, -0.2) is 25.8 Å². The van der Waals surface area contributed by atoms with Gasteiger partial charge in [0, 0.05) is 19.6 Å². The Bertz CT molecular complexity index is 266. The monoisotopic (exact) mass is 356 g/mol. The molecule has 0 aromatic carbocycles. The molecule has 0 saturated carbocycles. The van der Waals surface area contributed by atoms with Gasteiger partial charge in [-0.3, -0.25) is 4.79 Å². The van der Waals surface area contributed by atoms with E-state index in [9.17, 15) is 4.79 Å². The molecule has 0 unspecified atom stereocenters. The number of carbonyl (C=O) groups is 1. The lowest BCUT2D eigenvalue weighted by molar-refractivity contribution is -0.143. The van der Waals surface area contributed by atoms with Crippen LogP contribution < -0.4 is 0 Å². The van der Waals surface area contributed by atoms with Crippen molar-refractivity contribution >= 4 is 5.97 Å². The summed E-state index contributed by atoms with van der Waals surface area (Å²) in [4.78, 5) is 11.4. The molecule has 25 heavy (non-hydrogen) atoms. The number of carbonyl (C=O) groups excluding carboxylic acids is 1. The van der Waals surface area contributed by atoms with Crippen molar-refractivity contribution in [3.05, 3.63) is 0 Å². The summed E-state index contributed by atoms with van der Waals surface area (Å²) in [6.07, 6.45) is 19.7. The summed E-state index contributed by atoms with van der Waals surface area (Å²) < 4.78 is 10.5. The predicted octanol–water partition coefficient (Wildman–Crippen LogP) is 6.83. The largest absolute Gasteiger partial charge is 0.466 e. The minimum Gasteiger partial charge on any atom is -0.466 e. The predicted molar refractivity (Wildman–Crippen MR) is 107 cm³/mol. The summed E-state index contributed by atoms with van der Waals surface area (Å²) >= 11 is 0. The van der Waals surface area contributed by atoms with E-state index in [0.29, 0.717) is 13.0 Å². The number of rotatable bonds is 20. The van der Waals surface area contributed by atoms with Crippen molar-refractivity contribution < 1.29 is 14.3 Å². The first-order valence-electron chi connectivity index (χ1n) is 11.0. The lowest BCUT2D eigenvalue weighted by Crippen LogP contribution is -2.05. The van der Waals surface area contributed by atoms with Gasteiger partial charge in [0.2, 0.25) is 0 Å². The Hall–Kier alpha value is -0.570. The summed E-state index contributed by atoms with van der Waals surface area (Å²) in [5.41, 5.74) is 0. The van der Waals surface area contributed by atoms with Gasteiger partial charge in [0.05, 0.1) is 6.61 Å². The zero-order valence-electron chi connectivity index (χ0n) is 17.2. The van der Waals surface area contributed by atoms with Gasteiger partial charge >= 0.3 is 5.97 Å². The molecule has 0 saturated heterocycles.